The molecule has 0 aliphatic carbocycles. The van der Waals surface area contributed by atoms with Gasteiger partial charge < -0.3 is 14.3 Å². The van der Waals surface area contributed by atoms with Crippen LogP contribution in [0.25, 0.3) is 5.76 Å². The topological polar surface area (TPSA) is 80.0 Å². The lowest BCUT2D eigenvalue weighted by molar-refractivity contribution is -0.137. The standard InChI is InChI=1S/C23H14Cl2F3NO5/c1-33-21-14(24)9-11(10-15(21)25)19(30)17-18(16-3-2-8-34-16)29(22(32)20(17)31)13-6-4-12(5-7-13)23(26,27)28/h2-10,18,30H,1H3/b19-17-. The normalized spacial score (nSPS) is 17.9. The molecule has 1 atom stereocenters. The number of halogens is 5. The molecular weight excluding hydrogens is 498 g/mol. The number of rotatable bonds is 4. The smallest absolute Gasteiger partial charge is 0.416 e. The van der Waals surface area contributed by atoms with E-state index < -0.39 is 35.2 Å². The number of ketones is 1. The number of furan rings is 1. The second kappa shape index (κ2) is 8.73. The fourth-order valence-electron chi connectivity index (χ4n) is 3.67. The fraction of sp³-hybridized carbons (Fsp3) is 0.130. The van der Waals surface area contributed by atoms with Crippen molar-refractivity contribution in [2.75, 3.05) is 12.0 Å². The summed E-state index contributed by atoms with van der Waals surface area (Å²) in [5.41, 5.74) is -1.25. The number of hydrogen-bond acceptors (Lipinski definition) is 5. The molecule has 1 aromatic heterocycles. The van der Waals surface area contributed by atoms with Crippen LogP contribution in [0.5, 0.6) is 5.75 Å². The Morgan fingerprint density at radius 2 is 1.71 bits per heavy atom. The number of amides is 1. The zero-order valence-corrected chi connectivity index (χ0v) is 18.7. The highest BCUT2D eigenvalue weighted by atomic mass is 35.5. The third kappa shape index (κ3) is 4.01. The molecule has 0 saturated carbocycles. The van der Waals surface area contributed by atoms with Gasteiger partial charge in [-0.1, -0.05) is 23.2 Å². The van der Waals surface area contributed by atoms with E-state index in [9.17, 15) is 27.9 Å². The first-order chi connectivity index (χ1) is 16.0. The lowest BCUT2D eigenvalue weighted by Crippen LogP contribution is -2.29. The Labute approximate surface area is 200 Å². The van der Waals surface area contributed by atoms with Crippen molar-refractivity contribution in [1.82, 2.24) is 0 Å². The highest BCUT2D eigenvalue weighted by molar-refractivity contribution is 6.51. The second-order valence-electron chi connectivity index (χ2n) is 7.20. The maximum Gasteiger partial charge on any atom is 0.416 e. The largest absolute Gasteiger partial charge is 0.507 e. The van der Waals surface area contributed by atoms with E-state index in [2.05, 4.69) is 0 Å². The van der Waals surface area contributed by atoms with Gasteiger partial charge in [0.05, 0.1) is 34.6 Å². The highest BCUT2D eigenvalue weighted by Crippen LogP contribution is 2.44. The number of hydrogen-bond donors (Lipinski definition) is 1. The maximum atomic E-state index is 13.0. The summed E-state index contributed by atoms with van der Waals surface area (Å²) in [5.74, 6) is -2.48. The molecule has 2 heterocycles. The molecule has 1 fully saturated rings. The zero-order valence-electron chi connectivity index (χ0n) is 17.2. The molecule has 4 rings (SSSR count). The van der Waals surface area contributed by atoms with Gasteiger partial charge in [0.25, 0.3) is 11.7 Å². The van der Waals surface area contributed by atoms with Gasteiger partial charge in [0.1, 0.15) is 17.6 Å². The number of nitrogens with zero attached hydrogens (tertiary/aromatic N) is 1. The molecule has 0 radical (unpaired) electrons. The number of alkyl halides is 3. The maximum absolute atomic E-state index is 13.0. The minimum absolute atomic E-state index is 0.00125. The van der Waals surface area contributed by atoms with E-state index in [0.717, 1.165) is 29.2 Å². The quantitative estimate of drug-likeness (QED) is 0.254. The molecule has 6 nitrogen and oxygen atoms in total. The Balaban J connectivity index is 1.89. The van der Waals surface area contributed by atoms with E-state index in [0.29, 0.717) is 0 Å². The molecule has 2 aromatic carbocycles. The molecule has 1 aliphatic heterocycles. The number of carbonyl (C=O) groups is 2. The van der Waals surface area contributed by atoms with E-state index in [1.807, 2.05) is 0 Å². The van der Waals surface area contributed by atoms with Gasteiger partial charge in [-0.05, 0) is 48.5 Å². The van der Waals surface area contributed by atoms with Crippen molar-refractivity contribution >= 4 is 46.3 Å². The number of aliphatic hydroxyl groups is 1. The Morgan fingerprint density at radius 3 is 2.21 bits per heavy atom. The van der Waals surface area contributed by atoms with Crippen molar-refractivity contribution < 1.29 is 37.0 Å². The van der Waals surface area contributed by atoms with Crippen molar-refractivity contribution in [3.8, 4) is 5.75 Å². The number of aliphatic hydroxyl groups excluding tert-OH is 1. The van der Waals surface area contributed by atoms with Crippen LogP contribution in [0.15, 0.2) is 64.8 Å². The van der Waals surface area contributed by atoms with Crippen molar-refractivity contribution in [3.63, 3.8) is 0 Å². The molecule has 3 aromatic rings. The van der Waals surface area contributed by atoms with Crippen molar-refractivity contribution in [2.45, 2.75) is 12.2 Å². The van der Waals surface area contributed by atoms with Crippen LogP contribution in [-0.2, 0) is 15.8 Å². The molecule has 1 aliphatic rings. The van der Waals surface area contributed by atoms with Gasteiger partial charge in [-0.25, -0.2) is 0 Å². The predicted octanol–water partition coefficient (Wildman–Crippen LogP) is 6.24. The van der Waals surface area contributed by atoms with Crippen LogP contribution >= 0.6 is 23.2 Å². The van der Waals surface area contributed by atoms with E-state index >= 15 is 0 Å². The van der Waals surface area contributed by atoms with Gasteiger partial charge in [0.15, 0.2) is 5.75 Å². The molecule has 1 N–H and O–H groups in total. The first-order valence-electron chi connectivity index (χ1n) is 9.59. The van der Waals surface area contributed by atoms with Crippen LogP contribution in [0.4, 0.5) is 18.9 Å². The van der Waals surface area contributed by atoms with E-state index in [1.54, 1.807) is 0 Å². The average molecular weight is 512 g/mol. The van der Waals surface area contributed by atoms with Crippen LogP contribution in [0, 0.1) is 0 Å². The number of methoxy groups -OCH3 is 1. The van der Waals surface area contributed by atoms with Crippen LogP contribution < -0.4 is 9.64 Å². The Kier molecular flexibility index (Phi) is 6.09. The summed E-state index contributed by atoms with van der Waals surface area (Å²) in [4.78, 5) is 26.9. The molecule has 11 heteroatoms. The summed E-state index contributed by atoms with van der Waals surface area (Å²) in [6, 6.07) is 8.01. The molecule has 1 amide bonds. The summed E-state index contributed by atoms with van der Waals surface area (Å²) >= 11 is 12.3. The first-order valence-corrected chi connectivity index (χ1v) is 10.3. The molecule has 0 spiro atoms. The number of ether oxygens (including phenoxy) is 1. The minimum atomic E-state index is -4.58. The Morgan fingerprint density at radius 1 is 1.09 bits per heavy atom. The van der Waals surface area contributed by atoms with Gasteiger partial charge in [-0.3, -0.25) is 14.5 Å². The lowest BCUT2D eigenvalue weighted by Gasteiger charge is -2.23. The Bertz CT molecular complexity index is 1280. The molecule has 1 unspecified atom stereocenters. The van der Waals surface area contributed by atoms with Crippen molar-refractivity contribution in [3.05, 3.63) is 87.3 Å². The van der Waals surface area contributed by atoms with Gasteiger partial charge in [-0.2, -0.15) is 13.2 Å². The summed E-state index contributed by atoms with van der Waals surface area (Å²) in [6.45, 7) is 0. The summed E-state index contributed by atoms with van der Waals surface area (Å²) in [5, 5.41) is 11.1. The first kappa shape index (κ1) is 23.7. The van der Waals surface area contributed by atoms with Gasteiger partial charge >= 0.3 is 6.18 Å². The monoisotopic (exact) mass is 511 g/mol. The van der Waals surface area contributed by atoms with E-state index in [-0.39, 0.29) is 38.4 Å². The van der Waals surface area contributed by atoms with Gasteiger partial charge in [0.2, 0.25) is 0 Å². The van der Waals surface area contributed by atoms with Crippen molar-refractivity contribution in [1.29, 1.82) is 0 Å². The molecule has 34 heavy (non-hydrogen) atoms. The number of carbonyl (C=O) groups excluding carboxylic acids is 2. The predicted molar refractivity (Wildman–Crippen MR) is 118 cm³/mol. The molecule has 0 bridgehead atoms. The summed E-state index contributed by atoms with van der Waals surface area (Å²) in [6.07, 6.45) is -3.29. The zero-order chi connectivity index (χ0) is 24.8. The van der Waals surface area contributed by atoms with E-state index in [1.165, 1.54) is 37.6 Å². The van der Waals surface area contributed by atoms with Crippen LogP contribution in [0.3, 0.4) is 0 Å². The molecular formula is C23H14Cl2F3NO5. The van der Waals surface area contributed by atoms with Gasteiger partial charge in [-0.15, -0.1) is 0 Å². The van der Waals surface area contributed by atoms with E-state index in [4.69, 9.17) is 32.4 Å². The minimum Gasteiger partial charge on any atom is -0.507 e. The lowest BCUT2D eigenvalue weighted by atomic mass is 9.99. The fourth-order valence-corrected chi connectivity index (χ4v) is 4.31. The second-order valence-corrected chi connectivity index (χ2v) is 8.02. The van der Waals surface area contributed by atoms with Gasteiger partial charge in [0, 0.05) is 11.3 Å². The third-order valence-electron chi connectivity index (χ3n) is 5.21. The number of benzene rings is 2. The Hall–Kier alpha value is -3.43. The summed E-state index contributed by atoms with van der Waals surface area (Å²) < 4.78 is 49.4. The van der Waals surface area contributed by atoms with Crippen LogP contribution in [-0.4, -0.2) is 23.9 Å². The van der Waals surface area contributed by atoms with Crippen LogP contribution in [0.2, 0.25) is 10.0 Å². The number of anilines is 1. The molecule has 176 valence electrons. The summed E-state index contributed by atoms with van der Waals surface area (Å²) in [7, 11) is 1.35. The van der Waals surface area contributed by atoms with Crippen LogP contribution in [0.1, 0.15) is 22.9 Å². The SMILES string of the molecule is COc1c(Cl)cc(/C(O)=C2/C(=O)C(=O)N(c3ccc(C(F)(F)F)cc3)C2c2ccco2)cc1Cl. The third-order valence-corrected chi connectivity index (χ3v) is 5.77. The number of Topliss-reactive ketones (excluding diaryl/α,β-unsaturated/α-hetero) is 1. The molecule has 1 saturated heterocycles. The van der Waals surface area contributed by atoms with Crippen molar-refractivity contribution in [2.24, 2.45) is 0 Å². The highest BCUT2D eigenvalue weighted by Gasteiger charge is 2.48. The average Bonchev–Trinajstić information content (AvgIpc) is 3.39.